The number of methoxy groups -OCH3 is 1. The molecule has 0 radical (unpaired) electrons. The molecule has 0 amide bonds. The maximum atomic E-state index is 11.5. The average Bonchev–Trinajstić information content (AvgIpc) is 2.67. The highest BCUT2D eigenvalue weighted by atomic mass is 16.5. The first kappa shape index (κ1) is 10.7. The van der Waals surface area contributed by atoms with Crippen LogP contribution < -0.4 is 10.5 Å². The highest BCUT2D eigenvalue weighted by Gasteiger charge is 2.16. The fourth-order valence-corrected chi connectivity index (χ4v) is 1.91. The van der Waals surface area contributed by atoms with E-state index in [1.165, 1.54) is 0 Å². The molecular formula is C13H15NO2. The number of carbonyl (C=O) groups excluding carboxylic acids is 1. The van der Waals surface area contributed by atoms with Crippen molar-refractivity contribution in [2.45, 2.75) is 19.3 Å². The van der Waals surface area contributed by atoms with Crippen LogP contribution in [0.5, 0.6) is 5.75 Å². The van der Waals surface area contributed by atoms with E-state index in [2.05, 4.69) is 0 Å². The number of nitrogen functional groups attached to an aromatic ring is 1. The minimum absolute atomic E-state index is 0.260. The number of nitrogens with two attached hydrogens (primary N) is 1. The van der Waals surface area contributed by atoms with Gasteiger partial charge in [-0.25, -0.2) is 0 Å². The van der Waals surface area contributed by atoms with Crippen LogP contribution in [0.15, 0.2) is 23.8 Å². The Bertz CT molecular complexity index is 449. The minimum atomic E-state index is 0.260. The van der Waals surface area contributed by atoms with E-state index in [-0.39, 0.29) is 5.78 Å². The first-order chi connectivity index (χ1) is 7.70. The monoisotopic (exact) mass is 217 g/mol. The van der Waals surface area contributed by atoms with Crippen molar-refractivity contribution in [2.24, 2.45) is 0 Å². The Labute approximate surface area is 94.9 Å². The van der Waals surface area contributed by atoms with Gasteiger partial charge in [-0.2, -0.15) is 0 Å². The number of hydrogen-bond acceptors (Lipinski definition) is 3. The van der Waals surface area contributed by atoms with Gasteiger partial charge in [0, 0.05) is 6.42 Å². The number of benzene rings is 1. The molecule has 3 nitrogen and oxygen atoms in total. The van der Waals surface area contributed by atoms with E-state index < -0.39 is 0 Å². The third-order valence-electron chi connectivity index (χ3n) is 2.81. The summed E-state index contributed by atoms with van der Waals surface area (Å²) < 4.78 is 5.14. The van der Waals surface area contributed by atoms with Gasteiger partial charge in [0.1, 0.15) is 5.75 Å². The van der Waals surface area contributed by atoms with Gasteiger partial charge in [0.2, 0.25) is 0 Å². The molecule has 1 aromatic carbocycles. The zero-order chi connectivity index (χ0) is 11.5. The molecule has 0 unspecified atom stereocenters. The summed E-state index contributed by atoms with van der Waals surface area (Å²) in [7, 11) is 1.59. The van der Waals surface area contributed by atoms with Gasteiger partial charge in [-0.1, -0.05) is 6.07 Å². The molecule has 0 saturated heterocycles. The Hall–Kier alpha value is -1.77. The van der Waals surface area contributed by atoms with Crippen LogP contribution in [0.1, 0.15) is 24.8 Å². The van der Waals surface area contributed by atoms with E-state index in [1.54, 1.807) is 13.2 Å². The fraction of sp³-hybridized carbons (Fsp3) is 0.308. The summed E-state index contributed by atoms with van der Waals surface area (Å²) >= 11 is 0. The molecule has 2 N–H and O–H groups in total. The average molecular weight is 217 g/mol. The molecule has 1 saturated carbocycles. The van der Waals surface area contributed by atoms with Crippen LogP contribution in [0.2, 0.25) is 0 Å². The number of rotatable bonds is 2. The first-order valence-electron chi connectivity index (χ1n) is 5.38. The summed E-state index contributed by atoms with van der Waals surface area (Å²) in [6, 6.07) is 5.55. The smallest absolute Gasteiger partial charge is 0.158 e. The van der Waals surface area contributed by atoms with Crippen LogP contribution in [0.4, 0.5) is 5.69 Å². The predicted octanol–water partition coefficient (Wildman–Crippen LogP) is 2.41. The van der Waals surface area contributed by atoms with Crippen molar-refractivity contribution in [2.75, 3.05) is 12.8 Å². The second-order valence-electron chi connectivity index (χ2n) is 3.95. The Kier molecular flexibility index (Phi) is 2.95. The highest BCUT2D eigenvalue weighted by molar-refractivity contribution is 6.01. The van der Waals surface area contributed by atoms with Crippen molar-refractivity contribution in [1.29, 1.82) is 0 Å². The molecule has 1 aromatic rings. The fourth-order valence-electron chi connectivity index (χ4n) is 1.91. The molecule has 1 aliphatic carbocycles. The Balaban J connectivity index is 2.31. The highest BCUT2D eigenvalue weighted by Crippen LogP contribution is 2.27. The van der Waals surface area contributed by atoms with Crippen molar-refractivity contribution < 1.29 is 9.53 Å². The lowest BCUT2D eigenvalue weighted by atomic mass is 10.1. The van der Waals surface area contributed by atoms with E-state index in [0.717, 1.165) is 24.0 Å². The summed E-state index contributed by atoms with van der Waals surface area (Å²) in [6.45, 7) is 0. The van der Waals surface area contributed by atoms with Crippen LogP contribution in [-0.2, 0) is 4.79 Å². The Morgan fingerprint density at radius 3 is 2.81 bits per heavy atom. The predicted molar refractivity (Wildman–Crippen MR) is 64.2 cm³/mol. The number of ether oxygens (including phenoxy) is 1. The van der Waals surface area contributed by atoms with E-state index in [1.807, 2.05) is 18.2 Å². The standard InChI is InChI=1S/C13H15NO2/c1-16-13-8-9(5-6-11(13)14)7-10-3-2-4-12(10)15/h5-8H,2-4,14H2,1H3. The molecule has 0 atom stereocenters. The van der Waals surface area contributed by atoms with Gasteiger partial charge in [-0.15, -0.1) is 0 Å². The zero-order valence-electron chi connectivity index (χ0n) is 9.32. The lowest BCUT2D eigenvalue weighted by Gasteiger charge is -2.05. The molecule has 2 rings (SSSR count). The normalized spacial score (nSPS) is 18.1. The molecule has 1 fully saturated rings. The van der Waals surface area contributed by atoms with Gasteiger partial charge in [-0.3, -0.25) is 4.79 Å². The van der Waals surface area contributed by atoms with Crippen molar-refractivity contribution in [1.82, 2.24) is 0 Å². The van der Waals surface area contributed by atoms with Gasteiger partial charge < -0.3 is 10.5 Å². The van der Waals surface area contributed by atoms with E-state index in [4.69, 9.17) is 10.5 Å². The summed E-state index contributed by atoms with van der Waals surface area (Å²) in [4.78, 5) is 11.5. The maximum Gasteiger partial charge on any atom is 0.158 e. The molecule has 16 heavy (non-hydrogen) atoms. The number of anilines is 1. The number of Topliss-reactive ketones (excluding diaryl/α,β-unsaturated/α-hetero) is 1. The Morgan fingerprint density at radius 1 is 1.38 bits per heavy atom. The van der Waals surface area contributed by atoms with Gasteiger partial charge in [-0.05, 0) is 42.2 Å². The zero-order valence-corrected chi connectivity index (χ0v) is 9.32. The quantitative estimate of drug-likeness (QED) is 0.611. The first-order valence-corrected chi connectivity index (χ1v) is 5.38. The second kappa shape index (κ2) is 4.39. The maximum absolute atomic E-state index is 11.5. The molecule has 1 aliphatic rings. The van der Waals surface area contributed by atoms with Crippen LogP contribution in [0, 0.1) is 0 Å². The lowest BCUT2D eigenvalue weighted by molar-refractivity contribution is -0.114. The number of carbonyl (C=O) groups is 1. The van der Waals surface area contributed by atoms with E-state index in [9.17, 15) is 4.79 Å². The molecule has 0 spiro atoms. The van der Waals surface area contributed by atoms with Crippen LogP contribution in [0.25, 0.3) is 6.08 Å². The third-order valence-corrected chi connectivity index (χ3v) is 2.81. The van der Waals surface area contributed by atoms with Crippen LogP contribution >= 0.6 is 0 Å². The minimum Gasteiger partial charge on any atom is -0.495 e. The van der Waals surface area contributed by atoms with Crippen molar-refractivity contribution in [3.8, 4) is 5.75 Å². The van der Waals surface area contributed by atoms with Crippen molar-refractivity contribution in [3.63, 3.8) is 0 Å². The van der Waals surface area contributed by atoms with E-state index in [0.29, 0.717) is 17.9 Å². The van der Waals surface area contributed by atoms with E-state index >= 15 is 0 Å². The van der Waals surface area contributed by atoms with Crippen molar-refractivity contribution in [3.05, 3.63) is 29.3 Å². The molecule has 0 bridgehead atoms. The second-order valence-corrected chi connectivity index (χ2v) is 3.95. The molecule has 84 valence electrons. The van der Waals surface area contributed by atoms with Gasteiger partial charge in [0.25, 0.3) is 0 Å². The molecular weight excluding hydrogens is 202 g/mol. The van der Waals surface area contributed by atoms with Crippen LogP contribution in [-0.4, -0.2) is 12.9 Å². The number of allylic oxidation sites excluding steroid dienone is 1. The lowest BCUT2D eigenvalue weighted by Crippen LogP contribution is -1.94. The van der Waals surface area contributed by atoms with Gasteiger partial charge in [0.15, 0.2) is 5.78 Å². The largest absolute Gasteiger partial charge is 0.495 e. The number of hydrogen-bond donors (Lipinski definition) is 1. The SMILES string of the molecule is COc1cc(C=C2CCCC2=O)ccc1N. The Morgan fingerprint density at radius 2 is 2.19 bits per heavy atom. The molecule has 0 heterocycles. The van der Waals surface area contributed by atoms with Crippen molar-refractivity contribution >= 4 is 17.5 Å². The molecule has 0 aromatic heterocycles. The summed E-state index contributed by atoms with van der Waals surface area (Å²) in [5.41, 5.74) is 8.21. The van der Waals surface area contributed by atoms with Gasteiger partial charge in [0.05, 0.1) is 12.8 Å². The topological polar surface area (TPSA) is 52.3 Å². The van der Waals surface area contributed by atoms with Gasteiger partial charge >= 0.3 is 0 Å². The summed E-state index contributed by atoms with van der Waals surface area (Å²) in [6.07, 6.45) is 4.46. The summed E-state index contributed by atoms with van der Waals surface area (Å²) in [5, 5.41) is 0. The summed E-state index contributed by atoms with van der Waals surface area (Å²) in [5.74, 6) is 0.913. The number of ketones is 1. The molecule has 0 aliphatic heterocycles. The molecule has 3 heteroatoms. The third kappa shape index (κ3) is 2.08. The van der Waals surface area contributed by atoms with Crippen LogP contribution in [0.3, 0.4) is 0 Å².